The summed E-state index contributed by atoms with van der Waals surface area (Å²) in [6, 6.07) is 5.57. The highest BCUT2D eigenvalue weighted by Crippen LogP contribution is 2.41. The summed E-state index contributed by atoms with van der Waals surface area (Å²) in [6.07, 6.45) is -7.41. The van der Waals surface area contributed by atoms with Crippen molar-refractivity contribution >= 4 is 16.8 Å². The molecule has 0 saturated carbocycles. The number of aliphatic hydroxyl groups excluding tert-OH is 1. The lowest BCUT2D eigenvalue weighted by molar-refractivity contribution is -0.142. The van der Waals surface area contributed by atoms with E-state index in [2.05, 4.69) is 9.97 Å². The van der Waals surface area contributed by atoms with Gasteiger partial charge in [-0.3, -0.25) is 9.78 Å². The van der Waals surface area contributed by atoms with Crippen LogP contribution in [-0.2, 0) is 12.4 Å². The molecule has 3 heterocycles. The first-order valence-corrected chi connectivity index (χ1v) is 10.5. The summed E-state index contributed by atoms with van der Waals surface area (Å²) in [5, 5.41) is 11.0. The number of benzene rings is 1. The maximum Gasteiger partial charge on any atom is 0.433 e. The molecule has 4 rings (SSSR count). The molecule has 5 nitrogen and oxygen atoms in total. The third kappa shape index (κ3) is 4.56. The molecule has 1 fully saturated rings. The zero-order valence-corrected chi connectivity index (χ0v) is 17.6. The number of nitrogens with zero attached hydrogens (tertiary/aromatic N) is 3. The van der Waals surface area contributed by atoms with Gasteiger partial charge in [0.15, 0.2) is 0 Å². The zero-order chi connectivity index (χ0) is 24.7. The van der Waals surface area contributed by atoms with Gasteiger partial charge in [0, 0.05) is 24.3 Å². The van der Waals surface area contributed by atoms with Gasteiger partial charge in [0.1, 0.15) is 11.8 Å². The highest BCUT2D eigenvalue weighted by Gasteiger charge is 2.40. The van der Waals surface area contributed by atoms with Crippen LogP contribution in [0.1, 0.15) is 52.5 Å². The monoisotopic (exact) mass is 483 g/mol. The van der Waals surface area contributed by atoms with E-state index in [1.165, 1.54) is 29.4 Å². The number of likely N-dealkylation sites (tertiary alicyclic amines) is 1. The molecule has 0 radical (unpaired) electrons. The average molecular weight is 483 g/mol. The molecule has 1 aromatic carbocycles. The minimum absolute atomic E-state index is 0.233. The quantitative estimate of drug-likeness (QED) is 0.507. The molecule has 0 aliphatic carbocycles. The number of alkyl halides is 6. The molecule has 1 amide bonds. The van der Waals surface area contributed by atoms with Crippen molar-refractivity contribution in [2.24, 2.45) is 0 Å². The number of halogens is 6. The maximum atomic E-state index is 13.6. The van der Waals surface area contributed by atoms with Gasteiger partial charge in [-0.1, -0.05) is 12.1 Å². The smallest absolute Gasteiger partial charge is 0.386 e. The number of hydrogen-bond acceptors (Lipinski definition) is 4. The van der Waals surface area contributed by atoms with E-state index in [1.807, 2.05) is 0 Å². The van der Waals surface area contributed by atoms with E-state index < -0.39 is 47.2 Å². The van der Waals surface area contributed by atoms with Gasteiger partial charge >= 0.3 is 12.4 Å². The third-order valence-electron chi connectivity index (χ3n) is 5.87. The van der Waals surface area contributed by atoms with Crippen molar-refractivity contribution in [1.29, 1.82) is 0 Å². The number of aliphatic hydroxyl groups is 1. The number of para-hydroxylation sites is 1. The molecule has 2 aromatic heterocycles. The van der Waals surface area contributed by atoms with Crippen LogP contribution in [0.15, 0.2) is 48.8 Å². The van der Waals surface area contributed by atoms with Crippen LogP contribution in [0.3, 0.4) is 0 Å². The molecule has 1 unspecified atom stereocenters. The molecule has 1 N–H and O–H groups in total. The van der Waals surface area contributed by atoms with Gasteiger partial charge in [-0.25, -0.2) is 4.98 Å². The van der Waals surface area contributed by atoms with E-state index >= 15 is 0 Å². The standard InChI is InChI=1S/C23H19F6N3O2/c24-22(25,26)16-7-3-6-14-15(11-18(23(27,28)29)31-19(14)16)20(33)17-8-1-2-10-32(17)21(34)13-5-4-9-30-12-13/h3-7,9,11-12,17,20,33H,1-2,8,10H2/t17-,20?/m1/s1. The Balaban J connectivity index is 1.85. The fourth-order valence-electron chi connectivity index (χ4n) is 4.29. The Bertz CT molecular complexity index is 1200. The Morgan fingerprint density at radius 3 is 2.47 bits per heavy atom. The first-order valence-electron chi connectivity index (χ1n) is 10.5. The average Bonchev–Trinajstić information content (AvgIpc) is 2.81. The zero-order valence-electron chi connectivity index (χ0n) is 17.6. The van der Waals surface area contributed by atoms with Crippen molar-refractivity contribution in [2.75, 3.05) is 6.54 Å². The molecule has 34 heavy (non-hydrogen) atoms. The van der Waals surface area contributed by atoms with Gasteiger partial charge in [-0.15, -0.1) is 0 Å². The van der Waals surface area contributed by atoms with E-state index in [-0.39, 0.29) is 29.5 Å². The predicted octanol–water partition coefficient (Wildman–Crippen LogP) is 5.40. The van der Waals surface area contributed by atoms with Crippen LogP contribution < -0.4 is 0 Å². The second-order valence-corrected chi connectivity index (χ2v) is 8.04. The molecule has 3 aromatic rings. The first kappa shape index (κ1) is 23.9. The van der Waals surface area contributed by atoms with Crippen LogP contribution in [0.5, 0.6) is 0 Å². The van der Waals surface area contributed by atoms with Crippen LogP contribution in [0.4, 0.5) is 26.3 Å². The number of aromatic nitrogens is 2. The number of rotatable bonds is 3. The fourth-order valence-corrected chi connectivity index (χ4v) is 4.29. The molecule has 1 saturated heterocycles. The van der Waals surface area contributed by atoms with Gasteiger partial charge in [0.25, 0.3) is 5.91 Å². The summed E-state index contributed by atoms with van der Waals surface area (Å²) < 4.78 is 81.3. The summed E-state index contributed by atoms with van der Waals surface area (Å²) in [6.45, 7) is 0.235. The van der Waals surface area contributed by atoms with Crippen LogP contribution in [0.2, 0.25) is 0 Å². The maximum absolute atomic E-state index is 13.6. The van der Waals surface area contributed by atoms with Crippen LogP contribution in [-0.4, -0.2) is 38.5 Å². The lowest BCUT2D eigenvalue weighted by Crippen LogP contribution is -2.47. The largest absolute Gasteiger partial charge is 0.433 e. The topological polar surface area (TPSA) is 66.3 Å². The molecule has 1 aliphatic rings. The lowest BCUT2D eigenvalue weighted by atomic mass is 9.89. The first-order chi connectivity index (χ1) is 16.0. The van der Waals surface area contributed by atoms with E-state index in [0.29, 0.717) is 25.0 Å². The van der Waals surface area contributed by atoms with Crippen LogP contribution in [0, 0.1) is 0 Å². The van der Waals surface area contributed by atoms with Crippen molar-refractivity contribution in [3.8, 4) is 0 Å². The highest BCUT2D eigenvalue weighted by molar-refractivity contribution is 5.94. The van der Waals surface area contributed by atoms with E-state index in [1.54, 1.807) is 6.07 Å². The van der Waals surface area contributed by atoms with Crippen molar-refractivity contribution in [3.63, 3.8) is 0 Å². The Labute approximate surface area is 190 Å². The number of pyridine rings is 2. The number of carbonyl (C=O) groups excluding carboxylic acids is 1. The van der Waals surface area contributed by atoms with Crippen molar-refractivity contribution < 1.29 is 36.2 Å². The van der Waals surface area contributed by atoms with Gasteiger partial charge < -0.3 is 10.0 Å². The highest BCUT2D eigenvalue weighted by atomic mass is 19.4. The Hall–Kier alpha value is -3.21. The molecule has 2 atom stereocenters. The minimum Gasteiger partial charge on any atom is -0.386 e. The third-order valence-corrected chi connectivity index (χ3v) is 5.87. The Kier molecular flexibility index (Phi) is 6.24. The van der Waals surface area contributed by atoms with Crippen molar-refractivity contribution in [2.45, 2.75) is 43.8 Å². The summed E-state index contributed by atoms with van der Waals surface area (Å²) in [5.74, 6) is -0.470. The second-order valence-electron chi connectivity index (χ2n) is 8.04. The van der Waals surface area contributed by atoms with Gasteiger partial charge in [0.05, 0.1) is 22.7 Å². The van der Waals surface area contributed by atoms with E-state index in [4.69, 9.17) is 0 Å². The number of carbonyl (C=O) groups is 1. The Morgan fingerprint density at radius 2 is 1.82 bits per heavy atom. The fraction of sp³-hybridized carbons (Fsp3) is 0.348. The number of amides is 1. The van der Waals surface area contributed by atoms with Gasteiger partial charge in [-0.05, 0) is 49.1 Å². The summed E-state index contributed by atoms with van der Waals surface area (Å²) >= 11 is 0. The SMILES string of the molecule is O=C(c1cccnc1)N1CCCC[C@@H]1C(O)c1cc(C(F)(F)F)nc2c(C(F)(F)F)cccc12. The molecular weight excluding hydrogens is 464 g/mol. The van der Waals surface area contributed by atoms with E-state index in [0.717, 1.165) is 6.07 Å². The Morgan fingerprint density at radius 1 is 1.06 bits per heavy atom. The lowest BCUT2D eigenvalue weighted by Gasteiger charge is -2.39. The molecule has 0 bridgehead atoms. The summed E-state index contributed by atoms with van der Waals surface area (Å²) in [7, 11) is 0. The predicted molar refractivity (Wildman–Crippen MR) is 110 cm³/mol. The van der Waals surface area contributed by atoms with Crippen molar-refractivity contribution in [3.05, 3.63) is 71.2 Å². The molecule has 1 aliphatic heterocycles. The van der Waals surface area contributed by atoms with Crippen LogP contribution >= 0.6 is 0 Å². The van der Waals surface area contributed by atoms with Gasteiger partial charge in [0.2, 0.25) is 0 Å². The van der Waals surface area contributed by atoms with Gasteiger partial charge in [-0.2, -0.15) is 26.3 Å². The van der Waals surface area contributed by atoms with E-state index in [9.17, 15) is 36.2 Å². The minimum atomic E-state index is -5.04. The van der Waals surface area contributed by atoms with Crippen LogP contribution in [0.25, 0.3) is 10.9 Å². The summed E-state index contributed by atoms with van der Waals surface area (Å²) in [5.41, 5.74) is -3.92. The number of piperidine rings is 1. The number of hydrogen-bond donors (Lipinski definition) is 1. The molecular formula is C23H19F6N3O2. The van der Waals surface area contributed by atoms with Crippen molar-refractivity contribution in [1.82, 2.24) is 14.9 Å². The second kappa shape index (κ2) is 8.86. The number of fused-ring (bicyclic) bond motifs is 1. The summed E-state index contributed by atoms with van der Waals surface area (Å²) in [4.78, 5) is 21.5. The molecule has 0 spiro atoms. The molecule has 11 heteroatoms. The molecule has 180 valence electrons. The normalized spacial score (nSPS) is 18.2.